The van der Waals surface area contributed by atoms with Crippen molar-refractivity contribution in [2.45, 2.75) is 11.3 Å². The van der Waals surface area contributed by atoms with Crippen molar-refractivity contribution in [3.8, 4) is 5.75 Å². The second-order valence-electron chi connectivity index (χ2n) is 5.55. The number of carbonyl (C=O) groups is 2. The number of hydrogen-bond acceptors (Lipinski definition) is 7. The number of nitrogens with zero attached hydrogens (tertiary/aromatic N) is 2. The Kier molecular flexibility index (Phi) is 6.56. The van der Waals surface area contributed by atoms with E-state index in [1.807, 2.05) is 49.4 Å². The maximum atomic E-state index is 12.1. The molecule has 1 N–H and O–H groups in total. The highest BCUT2D eigenvalue weighted by Gasteiger charge is 2.12. The van der Waals surface area contributed by atoms with Crippen LogP contribution in [-0.2, 0) is 4.79 Å². The molecule has 0 aliphatic rings. The van der Waals surface area contributed by atoms with Gasteiger partial charge in [-0.2, -0.15) is 0 Å². The number of hydrogen-bond donors (Lipinski definition) is 1. The Hall–Kier alpha value is -2.71. The molecule has 0 unspecified atom stereocenters. The van der Waals surface area contributed by atoms with Gasteiger partial charge in [-0.25, -0.2) is 0 Å². The fourth-order valence-corrected chi connectivity index (χ4v) is 3.83. The molecule has 0 bridgehead atoms. The number of para-hydroxylation sites is 1. The summed E-state index contributed by atoms with van der Waals surface area (Å²) in [4.78, 5) is 24.1. The number of amides is 1. The monoisotopic (exact) mass is 399 g/mol. The van der Waals surface area contributed by atoms with Gasteiger partial charge in [-0.1, -0.05) is 71.6 Å². The van der Waals surface area contributed by atoms with E-state index in [2.05, 4.69) is 15.5 Å². The van der Waals surface area contributed by atoms with Gasteiger partial charge in [0.1, 0.15) is 5.75 Å². The van der Waals surface area contributed by atoms with Crippen LogP contribution in [0, 0.1) is 6.92 Å². The van der Waals surface area contributed by atoms with E-state index in [1.165, 1.54) is 23.1 Å². The number of Topliss-reactive ketones (excluding diaryl/α,β-unsaturated/α-hetero) is 1. The van der Waals surface area contributed by atoms with E-state index in [-0.39, 0.29) is 24.1 Å². The van der Waals surface area contributed by atoms with Crippen molar-refractivity contribution in [2.75, 3.05) is 17.7 Å². The first-order valence-corrected chi connectivity index (χ1v) is 9.95. The molecule has 3 rings (SSSR count). The normalized spacial score (nSPS) is 10.4. The highest BCUT2D eigenvalue weighted by Crippen LogP contribution is 2.26. The number of ketones is 1. The highest BCUT2D eigenvalue weighted by molar-refractivity contribution is 8.01. The zero-order valence-corrected chi connectivity index (χ0v) is 16.2. The summed E-state index contributed by atoms with van der Waals surface area (Å²) in [5.41, 5.74) is 1.62. The average Bonchev–Trinajstić information content (AvgIpc) is 3.13. The quantitative estimate of drug-likeness (QED) is 0.352. The molecule has 138 valence electrons. The number of nitrogens with one attached hydrogen (secondary N) is 1. The molecule has 6 nitrogen and oxygen atoms in total. The molecule has 1 aromatic heterocycles. The number of rotatable bonds is 8. The van der Waals surface area contributed by atoms with Gasteiger partial charge in [-0.3, -0.25) is 14.9 Å². The van der Waals surface area contributed by atoms with Gasteiger partial charge in [0.2, 0.25) is 5.13 Å². The van der Waals surface area contributed by atoms with Crippen LogP contribution in [0.2, 0.25) is 0 Å². The van der Waals surface area contributed by atoms with Crippen molar-refractivity contribution in [3.63, 3.8) is 0 Å². The summed E-state index contributed by atoms with van der Waals surface area (Å²) >= 11 is 2.52. The van der Waals surface area contributed by atoms with Crippen molar-refractivity contribution in [1.29, 1.82) is 0 Å². The van der Waals surface area contributed by atoms with E-state index in [0.29, 0.717) is 20.8 Å². The minimum absolute atomic E-state index is 0.0213. The first-order chi connectivity index (χ1) is 13.1. The lowest BCUT2D eigenvalue weighted by atomic mass is 10.2. The first-order valence-electron chi connectivity index (χ1n) is 8.14. The zero-order chi connectivity index (χ0) is 19.1. The van der Waals surface area contributed by atoms with Crippen molar-refractivity contribution in [2.24, 2.45) is 0 Å². The third kappa shape index (κ3) is 5.63. The van der Waals surface area contributed by atoms with Gasteiger partial charge < -0.3 is 4.74 Å². The molecular weight excluding hydrogens is 382 g/mol. The molecule has 0 radical (unpaired) electrons. The van der Waals surface area contributed by atoms with Crippen LogP contribution in [0.1, 0.15) is 15.9 Å². The molecule has 27 heavy (non-hydrogen) atoms. The van der Waals surface area contributed by atoms with Gasteiger partial charge in [0.25, 0.3) is 5.91 Å². The molecule has 0 spiro atoms. The van der Waals surface area contributed by atoms with Crippen molar-refractivity contribution in [1.82, 2.24) is 10.2 Å². The van der Waals surface area contributed by atoms with Gasteiger partial charge in [0.05, 0.1) is 5.75 Å². The van der Waals surface area contributed by atoms with Crippen LogP contribution in [0.5, 0.6) is 5.75 Å². The number of thioether (sulfide) groups is 1. The minimum Gasteiger partial charge on any atom is -0.483 e. The van der Waals surface area contributed by atoms with E-state index in [1.54, 1.807) is 12.1 Å². The lowest BCUT2D eigenvalue weighted by Gasteiger charge is -2.07. The van der Waals surface area contributed by atoms with Crippen LogP contribution in [0.15, 0.2) is 58.9 Å². The van der Waals surface area contributed by atoms with E-state index in [0.717, 1.165) is 5.56 Å². The molecule has 8 heteroatoms. The Labute approximate surface area is 165 Å². The summed E-state index contributed by atoms with van der Waals surface area (Å²) in [5.74, 6) is 0.642. The SMILES string of the molecule is Cc1ccccc1OCC(=O)Nc1nnc(SCC(=O)c2ccccc2)s1. The van der Waals surface area contributed by atoms with Crippen molar-refractivity contribution in [3.05, 3.63) is 65.7 Å². The summed E-state index contributed by atoms with van der Waals surface area (Å²) in [6.07, 6.45) is 0. The smallest absolute Gasteiger partial charge is 0.264 e. The van der Waals surface area contributed by atoms with Crippen LogP contribution in [0.3, 0.4) is 0 Å². The number of ether oxygens (including phenoxy) is 1. The third-order valence-electron chi connectivity index (χ3n) is 3.53. The third-order valence-corrected chi connectivity index (χ3v) is 5.50. The topological polar surface area (TPSA) is 81.2 Å². The summed E-state index contributed by atoms with van der Waals surface area (Å²) in [6.45, 7) is 1.80. The summed E-state index contributed by atoms with van der Waals surface area (Å²) in [6, 6.07) is 16.6. The van der Waals surface area contributed by atoms with E-state index < -0.39 is 0 Å². The zero-order valence-electron chi connectivity index (χ0n) is 14.5. The van der Waals surface area contributed by atoms with E-state index >= 15 is 0 Å². The second-order valence-corrected chi connectivity index (χ2v) is 7.75. The van der Waals surface area contributed by atoms with Crippen LogP contribution in [0.4, 0.5) is 5.13 Å². The van der Waals surface area contributed by atoms with Crippen LogP contribution < -0.4 is 10.1 Å². The summed E-state index contributed by atoms with van der Waals surface area (Å²) in [7, 11) is 0. The largest absolute Gasteiger partial charge is 0.483 e. The highest BCUT2D eigenvalue weighted by atomic mass is 32.2. The minimum atomic E-state index is -0.314. The van der Waals surface area contributed by atoms with Crippen LogP contribution in [-0.4, -0.2) is 34.2 Å². The molecule has 0 atom stereocenters. The Morgan fingerprint density at radius 3 is 2.59 bits per heavy atom. The van der Waals surface area contributed by atoms with Gasteiger partial charge in [0, 0.05) is 5.56 Å². The molecular formula is C19H17N3O3S2. The predicted molar refractivity (Wildman–Crippen MR) is 107 cm³/mol. The summed E-state index contributed by atoms with van der Waals surface area (Å²) in [5, 5.41) is 11.0. The van der Waals surface area contributed by atoms with Crippen LogP contribution >= 0.6 is 23.1 Å². The maximum Gasteiger partial charge on any atom is 0.264 e. The van der Waals surface area contributed by atoms with Gasteiger partial charge in [-0.15, -0.1) is 10.2 Å². The number of benzene rings is 2. The van der Waals surface area contributed by atoms with Crippen molar-refractivity contribution < 1.29 is 14.3 Å². The fourth-order valence-electron chi connectivity index (χ4n) is 2.17. The number of carbonyl (C=O) groups excluding carboxylic acids is 2. The molecule has 2 aromatic carbocycles. The molecule has 0 aliphatic heterocycles. The van der Waals surface area contributed by atoms with E-state index in [4.69, 9.17) is 4.74 Å². The molecule has 1 amide bonds. The molecule has 0 fully saturated rings. The second kappa shape index (κ2) is 9.29. The van der Waals surface area contributed by atoms with Gasteiger partial charge in [0.15, 0.2) is 16.7 Å². The molecule has 0 aliphatic carbocycles. The Bertz CT molecular complexity index is 929. The molecule has 1 heterocycles. The van der Waals surface area contributed by atoms with Gasteiger partial charge in [-0.05, 0) is 18.6 Å². The Balaban J connectivity index is 1.47. The maximum absolute atomic E-state index is 12.1. The van der Waals surface area contributed by atoms with Crippen LogP contribution in [0.25, 0.3) is 0 Å². The first kappa shape index (κ1) is 19.1. The number of anilines is 1. The standard InChI is InChI=1S/C19H17N3O3S2/c1-13-7-5-6-10-16(13)25-11-17(24)20-18-21-22-19(27-18)26-12-15(23)14-8-3-2-4-9-14/h2-10H,11-12H2,1H3,(H,20,21,24). The van der Waals surface area contributed by atoms with E-state index in [9.17, 15) is 9.59 Å². The summed E-state index contributed by atoms with van der Waals surface area (Å²) < 4.78 is 6.12. The fraction of sp³-hybridized carbons (Fsp3) is 0.158. The Morgan fingerprint density at radius 1 is 1.07 bits per heavy atom. The van der Waals surface area contributed by atoms with Gasteiger partial charge >= 0.3 is 0 Å². The lowest BCUT2D eigenvalue weighted by molar-refractivity contribution is -0.118. The number of aryl methyl sites for hydroxylation is 1. The predicted octanol–water partition coefficient (Wildman–Crippen LogP) is 3.84. The molecule has 0 saturated heterocycles. The molecule has 0 saturated carbocycles. The molecule has 3 aromatic rings. The lowest BCUT2D eigenvalue weighted by Crippen LogP contribution is -2.20. The Morgan fingerprint density at radius 2 is 1.81 bits per heavy atom. The average molecular weight is 399 g/mol. The van der Waals surface area contributed by atoms with Crippen molar-refractivity contribution >= 4 is 39.9 Å². The number of aromatic nitrogens is 2.